The number of hydrazone groups is 1. The van der Waals surface area contributed by atoms with Gasteiger partial charge < -0.3 is 9.47 Å². The molecule has 0 fully saturated rings. The van der Waals surface area contributed by atoms with Gasteiger partial charge in [0, 0.05) is 12.1 Å². The van der Waals surface area contributed by atoms with E-state index in [1.807, 2.05) is 0 Å². The van der Waals surface area contributed by atoms with Crippen LogP contribution < -0.4 is 5.01 Å². The van der Waals surface area contributed by atoms with E-state index in [4.69, 9.17) is 21.1 Å². The van der Waals surface area contributed by atoms with Gasteiger partial charge in [0.2, 0.25) is 0 Å². The average Bonchev–Trinajstić information content (AvgIpc) is 2.31. The van der Waals surface area contributed by atoms with Crippen molar-refractivity contribution in [1.29, 1.82) is 0 Å². The number of hydrogen-bond donors (Lipinski definition) is 0. The molecule has 90 valence electrons. The molecule has 0 aromatic heterocycles. The monoisotopic (exact) mass is 254 g/mol. The predicted molar refractivity (Wildman–Crippen MR) is 64.6 cm³/mol. The molecule has 17 heavy (non-hydrogen) atoms. The zero-order valence-corrected chi connectivity index (χ0v) is 9.92. The highest BCUT2D eigenvalue weighted by Crippen LogP contribution is 2.21. The number of ether oxygens (including phenoxy) is 2. The highest BCUT2D eigenvalue weighted by molar-refractivity contribution is 6.30. The van der Waals surface area contributed by atoms with Crippen LogP contribution in [0.3, 0.4) is 0 Å². The van der Waals surface area contributed by atoms with Gasteiger partial charge in [-0.05, 0) is 24.3 Å². The molecule has 0 bridgehead atoms. The van der Waals surface area contributed by atoms with Gasteiger partial charge in [0.25, 0.3) is 0 Å². The fourth-order valence-electron chi connectivity index (χ4n) is 1.39. The number of rotatable bonds is 3. The Morgan fingerprint density at radius 3 is 2.76 bits per heavy atom. The van der Waals surface area contributed by atoms with Crippen molar-refractivity contribution in [3.05, 3.63) is 29.3 Å². The van der Waals surface area contributed by atoms with Gasteiger partial charge in [0.15, 0.2) is 6.10 Å². The molecule has 0 spiro atoms. The number of halogens is 1. The lowest BCUT2D eigenvalue weighted by Gasteiger charge is -2.24. The van der Waals surface area contributed by atoms with Gasteiger partial charge in [0.1, 0.15) is 0 Å². The first-order valence-electron chi connectivity index (χ1n) is 5.00. The second-order valence-corrected chi connectivity index (χ2v) is 3.87. The number of carbonyl (C=O) groups excluding carboxylic acids is 1. The molecule has 6 heteroatoms. The quantitative estimate of drug-likeness (QED) is 0.832. The second-order valence-electron chi connectivity index (χ2n) is 3.43. The Balaban J connectivity index is 2.15. The van der Waals surface area contributed by atoms with Crippen LogP contribution in [0.5, 0.6) is 0 Å². The molecule has 1 aliphatic heterocycles. The maximum atomic E-state index is 11.7. The summed E-state index contributed by atoms with van der Waals surface area (Å²) in [6, 6.07) is 6.75. The predicted octanol–water partition coefficient (Wildman–Crippen LogP) is 2.30. The van der Waals surface area contributed by atoms with Crippen molar-refractivity contribution < 1.29 is 14.3 Å². The molecule has 0 radical (unpaired) electrons. The molecule has 0 saturated carbocycles. The standard InChI is InChI=1S/C11H11ClN2O3/c1-16-7-10-6-13-14(11(15)17-10)9-4-2-8(12)3-5-9/h2-6,10H,7H2,1H3. The summed E-state index contributed by atoms with van der Waals surface area (Å²) in [4.78, 5) is 11.7. The molecule has 1 aromatic rings. The Morgan fingerprint density at radius 2 is 2.18 bits per heavy atom. The molecule has 5 nitrogen and oxygen atoms in total. The molecule has 1 atom stereocenters. The van der Waals surface area contributed by atoms with Crippen LogP contribution in [0.15, 0.2) is 29.4 Å². The van der Waals surface area contributed by atoms with Gasteiger partial charge >= 0.3 is 6.09 Å². The Hall–Kier alpha value is -1.59. The van der Waals surface area contributed by atoms with Crippen LogP contribution >= 0.6 is 11.6 Å². The maximum Gasteiger partial charge on any atom is 0.435 e. The molecule has 1 unspecified atom stereocenters. The van der Waals surface area contributed by atoms with Gasteiger partial charge in [-0.25, -0.2) is 4.79 Å². The van der Waals surface area contributed by atoms with Gasteiger partial charge in [0.05, 0.1) is 18.5 Å². The molecule has 2 rings (SSSR count). The Morgan fingerprint density at radius 1 is 1.47 bits per heavy atom. The zero-order chi connectivity index (χ0) is 12.3. The maximum absolute atomic E-state index is 11.7. The van der Waals surface area contributed by atoms with E-state index in [9.17, 15) is 4.79 Å². The number of anilines is 1. The van der Waals surface area contributed by atoms with E-state index in [1.165, 1.54) is 18.3 Å². The summed E-state index contributed by atoms with van der Waals surface area (Å²) < 4.78 is 9.99. The minimum absolute atomic E-state index is 0.295. The van der Waals surface area contributed by atoms with E-state index in [1.54, 1.807) is 24.3 Å². The van der Waals surface area contributed by atoms with Crippen LogP contribution in [0.2, 0.25) is 5.02 Å². The molecular formula is C11H11ClN2O3. The van der Waals surface area contributed by atoms with Crippen molar-refractivity contribution in [3.8, 4) is 0 Å². The van der Waals surface area contributed by atoms with Gasteiger partial charge in [-0.2, -0.15) is 10.1 Å². The fourth-order valence-corrected chi connectivity index (χ4v) is 1.52. The topological polar surface area (TPSA) is 51.1 Å². The summed E-state index contributed by atoms with van der Waals surface area (Å²) in [5.74, 6) is 0. The third kappa shape index (κ3) is 2.75. The molecule has 1 amide bonds. The molecule has 0 aliphatic carbocycles. The normalized spacial score (nSPS) is 19.3. The highest BCUT2D eigenvalue weighted by atomic mass is 35.5. The van der Waals surface area contributed by atoms with Crippen LogP contribution in [0, 0.1) is 0 Å². The minimum atomic E-state index is -0.531. The number of carbonyl (C=O) groups is 1. The van der Waals surface area contributed by atoms with E-state index in [2.05, 4.69) is 5.10 Å². The smallest absolute Gasteiger partial charge is 0.435 e. The van der Waals surface area contributed by atoms with Crippen molar-refractivity contribution in [1.82, 2.24) is 0 Å². The van der Waals surface area contributed by atoms with E-state index in [-0.39, 0.29) is 0 Å². The zero-order valence-electron chi connectivity index (χ0n) is 9.17. The van der Waals surface area contributed by atoms with Gasteiger partial charge in [-0.15, -0.1) is 0 Å². The summed E-state index contributed by atoms with van der Waals surface area (Å²) in [6.07, 6.45) is 0.562. The first kappa shape index (κ1) is 11.9. The molecule has 0 saturated heterocycles. The number of hydrogen-bond acceptors (Lipinski definition) is 4. The van der Waals surface area contributed by atoms with E-state index >= 15 is 0 Å². The SMILES string of the molecule is COCC1C=NN(c2ccc(Cl)cc2)C(=O)O1. The second kappa shape index (κ2) is 5.16. The number of nitrogens with zero attached hydrogens (tertiary/aromatic N) is 2. The molecule has 0 N–H and O–H groups in total. The van der Waals surface area contributed by atoms with Crippen molar-refractivity contribution >= 4 is 29.6 Å². The van der Waals surface area contributed by atoms with Crippen molar-refractivity contribution in [2.45, 2.75) is 6.10 Å². The third-order valence-electron chi connectivity index (χ3n) is 2.18. The Labute approximate surface area is 104 Å². The van der Waals surface area contributed by atoms with Gasteiger partial charge in [-0.1, -0.05) is 11.6 Å². The summed E-state index contributed by atoms with van der Waals surface area (Å²) in [5.41, 5.74) is 0.603. The molecule has 1 aliphatic rings. The molecule has 1 aromatic carbocycles. The lowest BCUT2D eigenvalue weighted by molar-refractivity contribution is 0.0741. The van der Waals surface area contributed by atoms with Crippen LogP contribution in [0.25, 0.3) is 0 Å². The van der Waals surface area contributed by atoms with Crippen molar-refractivity contribution in [3.63, 3.8) is 0 Å². The van der Waals surface area contributed by atoms with E-state index < -0.39 is 12.2 Å². The van der Waals surface area contributed by atoms with Crippen molar-refractivity contribution in [2.24, 2.45) is 5.10 Å². The van der Waals surface area contributed by atoms with Crippen molar-refractivity contribution in [2.75, 3.05) is 18.7 Å². The number of amides is 1. The molecular weight excluding hydrogens is 244 g/mol. The number of cyclic esters (lactones) is 1. The van der Waals surface area contributed by atoms with Crippen LogP contribution in [-0.2, 0) is 9.47 Å². The largest absolute Gasteiger partial charge is 0.436 e. The highest BCUT2D eigenvalue weighted by Gasteiger charge is 2.25. The third-order valence-corrected chi connectivity index (χ3v) is 2.43. The van der Waals surface area contributed by atoms with E-state index in [0.717, 1.165) is 0 Å². The van der Waals surface area contributed by atoms with Gasteiger partial charge in [-0.3, -0.25) is 0 Å². The first-order valence-corrected chi connectivity index (χ1v) is 5.38. The number of methoxy groups -OCH3 is 1. The fraction of sp³-hybridized carbons (Fsp3) is 0.273. The van der Waals surface area contributed by atoms with Crippen LogP contribution in [0.1, 0.15) is 0 Å². The molecule has 1 heterocycles. The first-order chi connectivity index (χ1) is 8.20. The summed E-state index contributed by atoms with van der Waals surface area (Å²) in [7, 11) is 1.53. The van der Waals surface area contributed by atoms with Crippen LogP contribution in [-0.4, -0.2) is 32.1 Å². The lowest BCUT2D eigenvalue weighted by Crippen LogP contribution is -2.38. The van der Waals surface area contributed by atoms with Crippen LogP contribution in [0.4, 0.5) is 10.5 Å². The lowest BCUT2D eigenvalue weighted by atomic mass is 10.3. The minimum Gasteiger partial charge on any atom is -0.436 e. The summed E-state index contributed by atoms with van der Waals surface area (Å²) >= 11 is 5.76. The van der Waals surface area contributed by atoms with E-state index in [0.29, 0.717) is 17.3 Å². The summed E-state index contributed by atoms with van der Waals surface area (Å²) in [5, 5.41) is 5.79. The number of benzene rings is 1. The Bertz CT molecular complexity index is 433. The average molecular weight is 255 g/mol. The summed E-state index contributed by atoms with van der Waals surface area (Å²) in [6.45, 7) is 0.295. The Kier molecular flexibility index (Phi) is 3.61.